The molecular formula is C13H26O2. The summed E-state index contributed by atoms with van der Waals surface area (Å²) in [7, 11) is 0. The molecule has 0 aliphatic heterocycles. The van der Waals surface area contributed by atoms with E-state index in [0.29, 0.717) is 12.7 Å². The predicted octanol–water partition coefficient (Wildman–Crippen LogP) is 3.13. The third-order valence-electron chi connectivity index (χ3n) is 3.29. The first-order valence-corrected chi connectivity index (χ1v) is 6.30. The van der Waals surface area contributed by atoms with Crippen molar-refractivity contribution in [1.82, 2.24) is 0 Å². The molecule has 1 unspecified atom stereocenters. The summed E-state index contributed by atoms with van der Waals surface area (Å²) >= 11 is 0. The Morgan fingerprint density at radius 1 is 1.13 bits per heavy atom. The Balaban J connectivity index is 2.23. The van der Waals surface area contributed by atoms with Crippen molar-refractivity contribution >= 4 is 0 Å². The number of rotatable bonds is 3. The highest BCUT2D eigenvalue weighted by atomic mass is 16.5. The van der Waals surface area contributed by atoms with Gasteiger partial charge in [0.15, 0.2) is 0 Å². The zero-order chi connectivity index (χ0) is 11.3. The fourth-order valence-corrected chi connectivity index (χ4v) is 1.89. The average Bonchev–Trinajstić information content (AvgIpc) is 2.40. The smallest absolute Gasteiger partial charge is 0.0821 e. The fourth-order valence-electron chi connectivity index (χ4n) is 1.89. The lowest BCUT2D eigenvalue weighted by Crippen LogP contribution is -2.32. The molecule has 1 atom stereocenters. The molecule has 1 N–H and O–H groups in total. The van der Waals surface area contributed by atoms with Gasteiger partial charge in [0.25, 0.3) is 0 Å². The van der Waals surface area contributed by atoms with Gasteiger partial charge in [0, 0.05) is 0 Å². The van der Waals surface area contributed by atoms with Crippen LogP contribution in [0.2, 0.25) is 0 Å². The second-order valence-electron chi connectivity index (χ2n) is 5.83. The Morgan fingerprint density at radius 3 is 2.13 bits per heavy atom. The third kappa shape index (κ3) is 4.98. The lowest BCUT2D eigenvalue weighted by molar-refractivity contribution is -0.0533. The Labute approximate surface area is 94.0 Å². The van der Waals surface area contributed by atoms with E-state index in [9.17, 15) is 5.11 Å². The lowest BCUT2D eigenvalue weighted by atomic mass is 9.90. The molecule has 0 aromatic heterocycles. The maximum absolute atomic E-state index is 9.86. The van der Waals surface area contributed by atoms with Crippen molar-refractivity contribution in [1.29, 1.82) is 0 Å². The van der Waals surface area contributed by atoms with Crippen LogP contribution in [-0.2, 0) is 4.74 Å². The molecule has 0 saturated heterocycles. The number of hydrogen-bond acceptors (Lipinski definition) is 2. The van der Waals surface area contributed by atoms with Gasteiger partial charge in [0.1, 0.15) is 0 Å². The van der Waals surface area contributed by atoms with Crippen LogP contribution in [0.5, 0.6) is 0 Å². The molecular weight excluding hydrogens is 188 g/mol. The molecule has 0 spiro atoms. The largest absolute Gasteiger partial charge is 0.390 e. The first-order chi connectivity index (χ1) is 7.00. The van der Waals surface area contributed by atoms with Crippen LogP contribution in [-0.4, -0.2) is 23.9 Å². The standard InChI is InChI=1S/C13H26O2/c1-13(2,3)12(14)10-15-11-8-6-4-5-7-9-11/h11-12,14H,4-10H2,1-3H3. The fraction of sp³-hybridized carbons (Fsp3) is 1.00. The van der Waals surface area contributed by atoms with E-state index in [-0.39, 0.29) is 11.5 Å². The second-order valence-corrected chi connectivity index (χ2v) is 5.83. The minimum atomic E-state index is -0.347. The number of aliphatic hydroxyl groups excluding tert-OH is 1. The van der Waals surface area contributed by atoms with Crippen molar-refractivity contribution < 1.29 is 9.84 Å². The van der Waals surface area contributed by atoms with Gasteiger partial charge in [-0.05, 0) is 18.3 Å². The molecule has 2 heteroatoms. The van der Waals surface area contributed by atoms with E-state index >= 15 is 0 Å². The molecule has 2 nitrogen and oxygen atoms in total. The molecule has 1 fully saturated rings. The zero-order valence-corrected chi connectivity index (χ0v) is 10.5. The molecule has 0 radical (unpaired) electrons. The SMILES string of the molecule is CC(C)(C)C(O)COC1CCCCCC1. The highest BCUT2D eigenvalue weighted by Gasteiger charge is 2.23. The Morgan fingerprint density at radius 2 is 1.67 bits per heavy atom. The second kappa shape index (κ2) is 5.86. The van der Waals surface area contributed by atoms with Crippen LogP contribution in [0.3, 0.4) is 0 Å². The highest BCUT2D eigenvalue weighted by Crippen LogP contribution is 2.23. The van der Waals surface area contributed by atoms with Gasteiger partial charge in [0.2, 0.25) is 0 Å². The number of aliphatic hydroxyl groups is 1. The summed E-state index contributed by atoms with van der Waals surface area (Å²) in [6.45, 7) is 6.64. The van der Waals surface area contributed by atoms with Crippen molar-refractivity contribution in [2.24, 2.45) is 5.41 Å². The molecule has 0 aromatic carbocycles. The normalized spacial score (nSPS) is 22.4. The summed E-state index contributed by atoms with van der Waals surface area (Å²) in [6.07, 6.45) is 7.68. The molecule has 1 aliphatic rings. The first-order valence-electron chi connectivity index (χ1n) is 6.30. The predicted molar refractivity (Wildman–Crippen MR) is 62.9 cm³/mol. The van der Waals surface area contributed by atoms with E-state index in [1.54, 1.807) is 0 Å². The highest BCUT2D eigenvalue weighted by molar-refractivity contribution is 4.73. The van der Waals surface area contributed by atoms with Crippen LogP contribution in [0.25, 0.3) is 0 Å². The Kier molecular flexibility index (Phi) is 5.07. The van der Waals surface area contributed by atoms with Gasteiger partial charge >= 0.3 is 0 Å². The quantitative estimate of drug-likeness (QED) is 0.731. The van der Waals surface area contributed by atoms with E-state index in [4.69, 9.17) is 4.74 Å². The van der Waals surface area contributed by atoms with E-state index < -0.39 is 0 Å². The van der Waals surface area contributed by atoms with Crippen LogP contribution in [0.15, 0.2) is 0 Å². The molecule has 1 rings (SSSR count). The summed E-state index contributed by atoms with van der Waals surface area (Å²) in [5.74, 6) is 0. The molecule has 0 bridgehead atoms. The molecule has 90 valence electrons. The van der Waals surface area contributed by atoms with Gasteiger partial charge in [0.05, 0.1) is 18.8 Å². The summed E-state index contributed by atoms with van der Waals surface area (Å²) in [6, 6.07) is 0. The van der Waals surface area contributed by atoms with E-state index in [1.807, 2.05) is 20.8 Å². The van der Waals surface area contributed by atoms with Crippen LogP contribution >= 0.6 is 0 Å². The maximum Gasteiger partial charge on any atom is 0.0821 e. The lowest BCUT2D eigenvalue weighted by Gasteiger charge is -2.27. The average molecular weight is 214 g/mol. The van der Waals surface area contributed by atoms with Crippen molar-refractivity contribution in [2.75, 3.05) is 6.61 Å². The summed E-state index contributed by atoms with van der Waals surface area (Å²) in [5, 5.41) is 9.86. The minimum absolute atomic E-state index is 0.0648. The molecule has 0 amide bonds. The van der Waals surface area contributed by atoms with Crippen molar-refractivity contribution in [3.05, 3.63) is 0 Å². The molecule has 0 aromatic rings. The topological polar surface area (TPSA) is 29.5 Å². The molecule has 0 heterocycles. The zero-order valence-electron chi connectivity index (χ0n) is 10.5. The van der Waals surface area contributed by atoms with Crippen LogP contribution in [0.1, 0.15) is 59.3 Å². The van der Waals surface area contributed by atoms with Crippen molar-refractivity contribution in [3.8, 4) is 0 Å². The maximum atomic E-state index is 9.86. The van der Waals surface area contributed by atoms with Crippen molar-refractivity contribution in [3.63, 3.8) is 0 Å². The monoisotopic (exact) mass is 214 g/mol. The van der Waals surface area contributed by atoms with Crippen LogP contribution in [0, 0.1) is 5.41 Å². The minimum Gasteiger partial charge on any atom is -0.390 e. The van der Waals surface area contributed by atoms with Gasteiger partial charge in [-0.25, -0.2) is 0 Å². The van der Waals surface area contributed by atoms with Gasteiger partial charge < -0.3 is 9.84 Å². The number of hydrogen-bond donors (Lipinski definition) is 1. The van der Waals surface area contributed by atoms with E-state index in [1.165, 1.54) is 38.5 Å². The van der Waals surface area contributed by atoms with Gasteiger partial charge in [-0.1, -0.05) is 46.5 Å². The summed E-state index contributed by atoms with van der Waals surface area (Å²) < 4.78 is 5.80. The van der Waals surface area contributed by atoms with Gasteiger partial charge in [-0.15, -0.1) is 0 Å². The summed E-state index contributed by atoms with van der Waals surface area (Å²) in [4.78, 5) is 0. The molecule has 1 saturated carbocycles. The Bertz CT molecular complexity index is 164. The Hall–Kier alpha value is -0.0800. The first kappa shape index (κ1) is 13.0. The van der Waals surface area contributed by atoms with E-state index in [0.717, 1.165) is 0 Å². The molecule has 15 heavy (non-hydrogen) atoms. The molecule has 1 aliphatic carbocycles. The number of ether oxygens (including phenoxy) is 1. The van der Waals surface area contributed by atoms with Gasteiger partial charge in [-0.2, -0.15) is 0 Å². The third-order valence-corrected chi connectivity index (χ3v) is 3.29. The van der Waals surface area contributed by atoms with Crippen LogP contribution < -0.4 is 0 Å². The van der Waals surface area contributed by atoms with Gasteiger partial charge in [-0.3, -0.25) is 0 Å². The van der Waals surface area contributed by atoms with Crippen molar-refractivity contribution in [2.45, 2.75) is 71.5 Å². The van der Waals surface area contributed by atoms with E-state index in [2.05, 4.69) is 0 Å². The summed E-state index contributed by atoms with van der Waals surface area (Å²) in [5.41, 5.74) is -0.0648. The van der Waals surface area contributed by atoms with Crippen LogP contribution in [0.4, 0.5) is 0 Å².